The number of rotatable bonds is 7. The molecule has 2 rings (SSSR count). The van der Waals surface area contributed by atoms with E-state index in [9.17, 15) is 9.90 Å². The van der Waals surface area contributed by atoms with Crippen molar-refractivity contribution < 1.29 is 14.6 Å². The molecule has 112 valence electrons. The second kappa shape index (κ2) is 7.22. The number of thiazole rings is 1. The minimum Gasteiger partial charge on any atom is -0.494 e. The van der Waals surface area contributed by atoms with Gasteiger partial charge in [0, 0.05) is 6.42 Å². The van der Waals surface area contributed by atoms with Crippen LogP contribution >= 0.6 is 11.3 Å². The maximum atomic E-state index is 11.2. The van der Waals surface area contributed by atoms with Gasteiger partial charge >= 0.3 is 5.97 Å². The van der Waals surface area contributed by atoms with E-state index < -0.39 is 5.97 Å². The van der Waals surface area contributed by atoms with Crippen molar-refractivity contribution in [2.45, 2.75) is 33.1 Å². The fourth-order valence-electron chi connectivity index (χ4n) is 1.99. The van der Waals surface area contributed by atoms with Crippen molar-refractivity contribution in [1.29, 1.82) is 0 Å². The Labute approximate surface area is 128 Å². The molecule has 0 spiro atoms. The van der Waals surface area contributed by atoms with E-state index in [1.54, 1.807) is 0 Å². The summed E-state index contributed by atoms with van der Waals surface area (Å²) < 4.78 is 5.61. The van der Waals surface area contributed by atoms with Crippen LogP contribution in [-0.4, -0.2) is 22.7 Å². The third-order valence-corrected chi connectivity index (χ3v) is 4.06. The molecule has 0 atom stereocenters. The van der Waals surface area contributed by atoms with Crippen LogP contribution in [0.25, 0.3) is 0 Å². The summed E-state index contributed by atoms with van der Waals surface area (Å²) in [5.41, 5.74) is 1.66. The smallest absolute Gasteiger partial charge is 0.347 e. The van der Waals surface area contributed by atoms with Crippen molar-refractivity contribution >= 4 is 17.3 Å². The maximum absolute atomic E-state index is 11.2. The van der Waals surface area contributed by atoms with Gasteiger partial charge in [-0.1, -0.05) is 25.5 Å². The van der Waals surface area contributed by atoms with Gasteiger partial charge in [0.15, 0.2) is 0 Å². The molecule has 0 aliphatic heterocycles. The lowest BCUT2D eigenvalue weighted by Crippen LogP contribution is -2.00. The van der Waals surface area contributed by atoms with Crippen LogP contribution in [0.2, 0.25) is 0 Å². The topological polar surface area (TPSA) is 59.4 Å². The van der Waals surface area contributed by atoms with Gasteiger partial charge in [-0.2, -0.15) is 0 Å². The molecule has 0 aliphatic carbocycles. The lowest BCUT2D eigenvalue weighted by Gasteiger charge is -2.06. The van der Waals surface area contributed by atoms with Gasteiger partial charge in [0.1, 0.15) is 10.6 Å². The van der Waals surface area contributed by atoms with Gasteiger partial charge in [0.2, 0.25) is 0 Å². The highest BCUT2D eigenvalue weighted by Gasteiger charge is 2.15. The SMILES string of the molecule is CCCCOc1ccc(Cc2nc(C)sc2C(=O)O)cc1. The summed E-state index contributed by atoms with van der Waals surface area (Å²) in [5, 5.41) is 9.95. The molecule has 5 heteroatoms. The Balaban J connectivity index is 2.05. The van der Waals surface area contributed by atoms with E-state index in [1.165, 1.54) is 11.3 Å². The molecule has 1 N–H and O–H groups in total. The third kappa shape index (κ3) is 4.29. The molecule has 0 radical (unpaired) electrons. The number of ether oxygens (including phenoxy) is 1. The Morgan fingerprint density at radius 2 is 2.05 bits per heavy atom. The minimum absolute atomic E-state index is 0.329. The van der Waals surface area contributed by atoms with Crippen LogP contribution in [-0.2, 0) is 6.42 Å². The molecule has 0 bridgehead atoms. The lowest BCUT2D eigenvalue weighted by atomic mass is 10.1. The van der Waals surface area contributed by atoms with E-state index in [2.05, 4.69) is 11.9 Å². The number of carboxylic acids is 1. The number of carbonyl (C=O) groups is 1. The van der Waals surface area contributed by atoms with Crippen LogP contribution in [0.5, 0.6) is 5.75 Å². The fraction of sp³-hybridized carbons (Fsp3) is 0.375. The number of hydrogen-bond acceptors (Lipinski definition) is 4. The number of aryl methyl sites for hydroxylation is 1. The molecule has 1 aromatic heterocycles. The summed E-state index contributed by atoms with van der Waals surface area (Å²) in [4.78, 5) is 15.8. The highest BCUT2D eigenvalue weighted by Crippen LogP contribution is 2.22. The molecule has 0 saturated carbocycles. The van der Waals surface area contributed by atoms with E-state index in [0.29, 0.717) is 17.0 Å². The van der Waals surface area contributed by atoms with Crippen LogP contribution in [0.4, 0.5) is 0 Å². The molecule has 0 aliphatic rings. The highest BCUT2D eigenvalue weighted by molar-refractivity contribution is 7.13. The Kier molecular flexibility index (Phi) is 5.33. The van der Waals surface area contributed by atoms with E-state index in [-0.39, 0.29) is 0 Å². The van der Waals surface area contributed by atoms with Crippen molar-refractivity contribution in [2.75, 3.05) is 6.61 Å². The van der Waals surface area contributed by atoms with Crippen molar-refractivity contribution in [3.05, 3.63) is 45.4 Å². The van der Waals surface area contributed by atoms with Gasteiger partial charge in [-0.25, -0.2) is 9.78 Å². The van der Waals surface area contributed by atoms with Gasteiger partial charge in [-0.05, 0) is 31.0 Å². The Bertz CT molecular complexity index is 604. The van der Waals surface area contributed by atoms with Crippen molar-refractivity contribution in [1.82, 2.24) is 4.98 Å². The summed E-state index contributed by atoms with van der Waals surface area (Å²) >= 11 is 1.22. The van der Waals surface area contributed by atoms with Gasteiger partial charge in [-0.15, -0.1) is 11.3 Å². The summed E-state index contributed by atoms with van der Waals surface area (Å²) in [5.74, 6) is -0.0600. The number of carboxylic acid groups (broad SMARTS) is 1. The summed E-state index contributed by atoms with van der Waals surface area (Å²) in [6.45, 7) is 4.68. The van der Waals surface area contributed by atoms with Crippen LogP contribution in [0, 0.1) is 6.92 Å². The summed E-state index contributed by atoms with van der Waals surface area (Å²) in [6, 6.07) is 7.76. The molecular weight excluding hydrogens is 286 g/mol. The number of aromatic nitrogens is 1. The van der Waals surface area contributed by atoms with Gasteiger partial charge in [0.05, 0.1) is 17.3 Å². The molecule has 0 unspecified atom stereocenters. The molecule has 0 saturated heterocycles. The van der Waals surface area contributed by atoms with E-state index in [1.807, 2.05) is 31.2 Å². The number of benzene rings is 1. The van der Waals surface area contributed by atoms with Gasteiger partial charge in [0.25, 0.3) is 0 Å². The molecule has 1 aromatic carbocycles. The third-order valence-electron chi connectivity index (χ3n) is 3.06. The summed E-state index contributed by atoms with van der Waals surface area (Å²) in [7, 11) is 0. The Hall–Kier alpha value is -1.88. The molecular formula is C16H19NO3S. The molecule has 0 amide bonds. The first-order valence-corrected chi connectivity index (χ1v) is 7.83. The predicted octanol–water partition coefficient (Wildman–Crippen LogP) is 3.92. The largest absolute Gasteiger partial charge is 0.494 e. The van der Waals surface area contributed by atoms with E-state index in [4.69, 9.17) is 4.74 Å². The summed E-state index contributed by atoms with van der Waals surface area (Å²) in [6.07, 6.45) is 2.68. The lowest BCUT2D eigenvalue weighted by molar-refractivity contribution is 0.0701. The quantitative estimate of drug-likeness (QED) is 0.788. The molecule has 4 nitrogen and oxygen atoms in total. The number of aromatic carboxylic acids is 1. The van der Waals surface area contributed by atoms with Crippen LogP contribution in [0.3, 0.4) is 0 Å². The van der Waals surface area contributed by atoms with E-state index in [0.717, 1.165) is 35.8 Å². The van der Waals surface area contributed by atoms with Crippen molar-refractivity contribution in [3.63, 3.8) is 0 Å². The van der Waals surface area contributed by atoms with Gasteiger partial charge < -0.3 is 9.84 Å². The molecule has 0 fully saturated rings. The number of nitrogens with zero attached hydrogens (tertiary/aromatic N) is 1. The van der Waals surface area contributed by atoms with Crippen molar-refractivity contribution in [3.8, 4) is 5.75 Å². The zero-order valence-electron chi connectivity index (χ0n) is 12.3. The second-order valence-corrected chi connectivity index (χ2v) is 6.04. The zero-order valence-corrected chi connectivity index (χ0v) is 13.1. The number of hydrogen-bond donors (Lipinski definition) is 1. The average Bonchev–Trinajstić information content (AvgIpc) is 2.82. The number of unbranched alkanes of at least 4 members (excludes halogenated alkanes) is 1. The molecule has 2 aromatic rings. The van der Waals surface area contributed by atoms with E-state index >= 15 is 0 Å². The molecule has 1 heterocycles. The fourth-order valence-corrected chi connectivity index (χ4v) is 2.76. The first-order valence-electron chi connectivity index (χ1n) is 7.01. The zero-order chi connectivity index (χ0) is 15.2. The highest BCUT2D eigenvalue weighted by atomic mass is 32.1. The first-order chi connectivity index (χ1) is 10.1. The van der Waals surface area contributed by atoms with Crippen LogP contribution in [0.1, 0.15) is 45.7 Å². The normalized spacial score (nSPS) is 10.6. The monoisotopic (exact) mass is 305 g/mol. The predicted molar refractivity (Wildman–Crippen MR) is 83.5 cm³/mol. The van der Waals surface area contributed by atoms with Crippen LogP contribution < -0.4 is 4.74 Å². The maximum Gasteiger partial charge on any atom is 0.347 e. The first kappa shape index (κ1) is 15.5. The Morgan fingerprint density at radius 1 is 1.33 bits per heavy atom. The molecule has 21 heavy (non-hydrogen) atoms. The second-order valence-electron chi connectivity index (χ2n) is 4.84. The van der Waals surface area contributed by atoms with Crippen molar-refractivity contribution in [2.24, 2.45) is 0 Å². The minimum atomic E-state index is -0.907. The standard InChI is InChI=1S/C16H19NO3S/c1-3-4-9-20-13-7-5-12(6-8-13)10-14-15(16(18)19)21-11(2)17-14/h5-8H,3-4,9-10H2,1-2H3,(H,18,19). The Morgan fingerprint density at radius 3 is 2.67 bits per heavy atom. The average molecular weight is 305 g/mol. The van der Waals surface area contributed by atoms with Crippen LogP contribution in [0.15, 0.2) is 24.3 Å². The van der Waals surface area contributed by atoms with Gasteiger partial charge in [-0.3, -0.25) is 0 Å².